The topological polar surface area (TPSA) is 93.2 Å². The normalized spacial score (nSPS) is 10.1. The first-order valence-corrected chi connectivity index (χ1v) is 5.46. The van der Waals surface area contributed by atoms with Crippen LogP contribution in [0.5, 0.6) is 0 Å². The molecule has 1 amide bonds. The molecule has 0 bridgehead atoms. The first kappa shape index (κ1) is 12.1. The fourth-order valence-electron chi connectivity index (χ4n) is 1.48. The summed E-state index contributed by atoms with van der Waals surface area (Å²) in [5.41, 5.74) is 2.69. The Morgan fingerprint density at radius 1 is 1.39 bits per heavy atom. The SMILES string of the molecule is Cc1ccc(CNC(=O)c2cccc(NN)n2)o1. The molecular weight excluding hydrogens is 232 g/mol. The van der Waals surface area contributed by atoms with Crippen LogP contribution in [0.4, 0.5) is 5.82 Å². The lowest BCUT2D eigenvalue weighted by Crippen LogP contribution is -2.24. The number of rotatable bonds is 4. The van der Waals surface area contributed by atoms with Crippen molar-refractivity contribution in [3.05, 3.63) is 47.5 Å². The maximum Gasteiger partial charge on any atom is 0.270 e. The van der Waals surface area contributed by atoms with Gasteiger partial charge in [0.1, 0.15) is 23.0 Å². The number of carbonyl (C=O) groups excluding carboxylic acids is 1. The largest absolute Gasteiger partial charge is 0.465 e. The zero-order chi connectivity index (χ0) is 13.0. The number of hydrogen-bond donors (Lipinski definition) is 3. The Hall–Kier alpha value is -2.34. The second-order valence-corrected chi connectivity index (χ2v) is 3.75. The van der Waals surface area contributed by atoms with Gasteiger partial charge >= 0.3 is 0 Å². The number of aryl methyl sites for hydroxylation is 1. The van der Waals surface area contributed by atoms with Crippen molar-refractivity contribution in [3.8, 4) is 0 Å². The molecule has 0 aliphatic rings. The van der Waals surface area contributed by atoms with E-state index in [1.165, 1.54) is 0 Å². The number of hydrazine groups is 1. The third kappa shape index (κ3) is 2.86. The van der Waals surface area contributed by atoms with Gasteiger partial charge in [0, 0.05) is 0 Å². The zero-order valence-electron chi connectivity index (χ0n) is 9.93. The number of amides is 1. The minimum absolute atomic E-state index is 0.277. The molecule has 6 nitrogen and oxygen atoms in total. The molecule has 18 heavy (non-hydrogen) atoms. The van der Waals surface area contributed by atoms with Crippen molar-refractivity contribution >= 4 is 11.7 Å². The Morgan fingerprint density at radius 2 is 2.22 bits per heavy atom. The van der Waals surface area contributed by atoms with Gasteiger partial charge in [-0.1, -0.05) is 6.07 Å². The Kier molecular flexibility index (Phi) is 3.59. The van der Waals surface area contributed by atoms with Crippen LogP contribution in [0.3, 0.4) is 0 Å². The van der Waals surface area contributed by atoms with Gasteiger partial charge < -0.3 is 15.2 Å². The van der Waals surface area contributed by atoms with Crippen LogP contribution < -0.4 is 16.6 Å². The molecule has 2 aromatic rings. The molecule has 6 heteroatoms. The van der Waals surface area contributed by atoms with E-state index >= 15 is 0 Å². The maximum atomic E-state index is 11.8. The van der Waals surface area contributed by atoms with Crippen molar-refractivity contribution in [3.63, 3.8) is 0 Å². The number of pyridine rings is 1. The number of nitrogen functional groups attached to an aromatic ring is 1. The van der Waals surface area contributed by atoms with Crippen LogP contribution in [0.15, 0.2) is 34.7 Å². The highest BCUT2D eigenvalue weighted by Gasteiger charge is 2.08. The van der Waals surface area contributed by atoms with Gasteiger partial charge in [-0.3, -0.25) is 4.79 Å². The van der Waals surface area contributed by atoms with E-state index in [0.717, 1.165) is 5.76 Å². The number of nitrogens with one attached hydrogen (secondary N) is 2. The average molecular weight is 246 g/mol. The van der Waals surface area contributed by atoms with E-state index in [4.69, 9.17) is 10.3 Å². The van der Waals surface area contributed by atoms with Crippen molar-refractivity contribution in [1.29, 1.82) is 0 Å². The summed E-state index contributed by atoms with van der Waals surface area (Å²) in [5, 5.41) is 2.72. The van der Waals surface area contributed by atoms with E-state index in [2.05, 4.69) is 15.7 Å². The predicted octanol–water partition coefficient (Wildman–Crippen LogP) is 1.20. The molecule has 0 aliphatic carbocycles. The fraction of sp³-hybridized carbons (Fsp3) is 0.167. The molecule has 0 radical (unpaired) electrons. The van der Waals surface area contributed by atoms with Crippen LogP contribution in [0.25, 0.3) is 0 Å². The molecule has 0 saturated carbocycles. The Balaban J connectivity index is 1.99. The van der Waals surface area contributed by atoms with E-state index in [1.807, 2.05) is 19.1 Å². The lowest BCUT2D eigenvalue weighted by Gasteiger charge is -2.04. The number of aromatic nitrogens is 1. The fourth-order valence-corrected chi connectivity index (χ4v) is 1.48. The smallest absolute Gasteiger partial charge is 0.270 e. The maximum absolute atomic E-state index is 11.8. The highest BCUT2D eigenvalue weighted by Crippen LogP contribution is 2.07. The van der Waals surface area contributed by atoms with E-state index in [-0.39, 0.29) is 5.91 Å². The molecule has 2 aromatic heterocycles. The van der Waals surface area contributed by atoms with Gasteiger partial charge in [-0.05, 0) is 31.2 Å². The van der Waals surface area contributed by atoms with Crippen LogP contribution in [0, 0.1) is 6.92 Å². The minimum atomic E-state index is -0.277. The lowest BCUT2D eigenvalue weighted by molar-refractivity contribution is 0.0943. The van der Waals surface area contributed by atoms with Crippen molar-refractivity contribution in [2.24, 2.45) is 5.84 Å². The van der Waals surface area contributed by atoms with Crippen molar-refractivity contribution < 1.29 is 9.21 Å². The van der Waals surface area contributed by atoms with Gasteiger partial charge in [-0.15, -0.1) is 0 Å². The quantitative estimate of drug-likeness (QED) is 0.556. The van der Waals surface area contributed by atoms with Crippen molar-refractivity contribution in [2.75, 3.05) is 5.43 Å². The van der Waals surface area contributed by atoms with Gasteiger partial charge in [0.25, 0.3) is 5.91 Å². The van der Waals surface area contributed by atoms with Gasteiger partial charge in [0.05, 0.1) is 6.54 Å². The summed E-state index contributed by atoms with van der Waals surface area (Å²) >= 11 is 0. The third-order valence-corrected chi connectivity index (χ3v) is 2.35. The Labute approximate surface area is 104 Å². The van der Waals surface area contributed by atoms with Gasteiger partial charge in [-0.2, -0.15) is 0 Å². The van der Waals surface area contributed by atoms with Gasteiger partial charge in [0.2, 0.25) is 0 Å². The first-order valence-electron chi connectivity index (χ1n) is 5.46. The van der Waals surface area contributed by atoms with Gasteiger partial charge in [-0.25, -0.2) is 10.8 Å². The number of carbonyl (C=O) groups is 1. The summed E-state index contributed by atoms with van der Waals surface area (Å²) in [4.78, 5) is 15.8. The monoisotopic (exact) mass is 246 g/mol. The van der Waals surface area contributed by atoms with Crippen LogP contribution >= 0.6 is 0 Å². The number of nitrogens with two attached hydrogens (primary N) is 1. The Morgan fingerprint density at radius 3 is 2.89 bits per heavy atom. The minimum Gasteiger partial charge on any atom is -0.465 e. The molecule has 0 aliphatic heterocycles. The molecule has 2 heterocycles. The second-order valence-electron chi connectivity index (χ2n) is 3.75. The summed E-state index contributed by atoms with van der Waals surface area (Å²) < 4.78 is 5.35. The van der Waals surface area contributed by atoms with E-state index in [0.29, 0.717) is 23.8 Å². The number of nitrogens with zero attached hydrogens (tertiary/aromatic N) is 1. The predicted molar refractivity (Wildman–Crippen MR) is 66.7 cm³/mol. The molecular formula is C12H14N4O2. The molecule has 2 rings (SSSR count). The molecule has 0 atom stereocenters. The summed E-state index contributed by atoms with van der Waals surface area (Å²) in [6, 6.07) is 8.66. The number of furan rings is 1. The van der Waals surface area contributed by atoms with E-state index in [1.54, 1.807) is 18.2 Å². The standard InChI is InChI=1S/C12H14N4O2/c1-8-5-6-9(18-8)7-14-12(17)10-3-2-4-11(15-10)16-13/h2-6H,7,13H2,1H3,(H,14,17)(H,15,16). The summed E-state index contributed by atoms with van der Waals surface area (Å²) in [6.45, 7) is 2.18. The van der Waals surface area contributed by atoms with Crippen molar-refractivity contribution in [1.82, 2.24) is 10.3 Å². The third-order valence-electron chi connectivity index (χ3n) is 2.35. The van der Waals surface area contributed by atoms with Crippen LogP contribution in [0.2, 0.25) is 0 Å². The second kappa shape index (κ2) is 5.33. The zero-order valence-corrected chi connectivity index (χ0v) is 9.93. The molecule has 0 saturated heterocycles. The molecule has 94 valence electrons. The summed E-state index contributed by atoms with van der Waals surface area (Å²) in [6.07, 6.45) is 0. The van der Waals surface area contributed by atoms with Gasteiger partial charge in [0.15, 0.2) is 0 Å². The van der Waals surface area contributed by atoms with Crippen LogP contribution in [0.1, 0.15) is 22.0 Å². The molecule has 4 N–H and O–H groups in total. The number of hydrogen-bond acceptors (Lipinski definition) is 5. The first-order chi connectivity index (χ1) is 8.69. The highest BCUT2D eigenvalue weighted by atomic mass is 16.3. The molecule has 0 unspecified atom stereocenters. The summed E-state index contributed by atoms with van der Waals surface area (Å²) in [5.74, 6) is 6.91. The van der Waals surface area contributed by atoms with E-state index < -0.39 is 0 Å². The van der Waals surface area contributed by atoms with Crippen LogP contribution in [-0.2, 0) is 6.54 Å². The Bertz CT molecular complexity index is 551. The highest BCUT2D eigenvalue weighted by molar-refractivity contribution is 5.92. The van der Waals surface area contributed by atoms with Crippen molar-refractivity contribution in [2.45, 2.75) is 13.5 Å². The van der Waals surface area contributed by atoms with E-state index in [9.17, 15) is 4.79 Å². The molecule has 0 aromatic carbocycles. The molecule has 0 spiro atoms. The average Bonchev–Trinajstić information content (AvgIpc) is 2.82. The lowest BCUT2D eigenvalue weighted by atomic mass is 10.3. The summed E-state index contributed by atoms with van der Waals surface area (Å²) in [7, 11) is 0. The number of anilines is 1. The van der Waals surface area contributed by atoms with Crippen LogP contribution in [-0.4, -0.2) is 10.9 Å². The molecule has 0 fully saturated rings.